The maximum absolute atomic E-state index is 12.5. The maximum atomic E-state index is 12.5. The Hall–Kier alpha value is -1.06. The lowest BCUT2D eigenvalue weighted by molar-refractivity contribution is -0.155. The first-order chi connectivity index (χ1) is 16.9. The van der Waals surface area contributed by atoms with Gasteiger partial charge in [-0.05, 0) is 74.0 Å². The van der Waals surface area contributed by atoms with Crippen molar-refractivity contribution in [2.24, 2.45) is 34.5 Å². The summed E-state index contributed by atoms with van der Waals surface area (Å²) in [6.45, 7) is 19.4. The van der Waals surface area contributed by atoms with Crippen LogP contribution in [0.25, 0.3) is 0 Å². The number of esters is 2. The van der Waals surface area contributed by atoms with Crippen molar-refractivity contribution in [3.05, 3.63) is 0 Å². The van der Waals surface area contributed by atoms with E-state index in [1.54, 1.807) is 0 Å². The molecular formula is C32H60O4. The van der Waals surface area contributed by atoms with Gasteiger partial charge in [-0.15, -0.1) is 0 Å². The normalized spacial score (nSPS) is 20.6. The average molecular weight is 509 g/mol. The Labute approximate surface area is 224 Å². The van der Waals surface area contributed by atoms with Gasteiger partial charge in [-0.2, -0.15) is 0 Å². The smallest absolute Gasteiger partial charge is 0.308 e. The second-order valence-electron chi connectivity index (χ2n) is 13.5. The molecule has 212 valence electrons. The summed E-state index contributed by atoms with van der Waals surface area (Å²) < 4.78 is 11.2. The van der Waals surface area contributed by atoms with Crippen molar-refractivity contribution in [3.8, 4) is 0 Å². The zero-order chi connectivity index (χ0) is 27.2. The van der Waals surface area contributed by atoms with E-state index in [9.17, 15) is 9.59 Å². The van der Waals surface area contributed by atoms with Crippen LogP contribution in [0, 0.1) is 34.5 Å². The van der Waals surface area contributed by atoms with Gasteiger partial charge in [-0.25, -0.2) is 0 Å². The number of hydrogen-bond acceptors (Lipinski definition) is 4. The first-order valence-corrected chi connectivity index (χ1v) is 15.2. The van der Waals surface area contributed by atoms with Gasteiger partial charge in [0.25, 0.3) is 0 Å². The van der Waals surface area contributed by atoms with E-state index in [-0.39, 0.29) is 23.8 Å². The molecule has 1 saturated carbocycles. The molecule has 0 aromatic carbocycles. The highest BCUT2D eigenvalue weighted by atomic mass is 16.5. The molecule has 0 saturated heterocycles. The predicted octanol–water partition coefficient (Wildman–Crippen LogP) is 9.14. The SMILES string of the molecule is CCC(C)(C)CCCC(C)CCOC(=O)C1CCC(C(=O)OCCC(C)CCCC(C)(C)CC)CC1. The first kappa shape index (κ1) is 33.0. The van der Waals surface area contributed by atoms with Gasteiger partial charge in [-0.1, -0.05) is 93.9 Å². The Morgan fingerprint density at radius 1 is 0.667 bits per heavy atom. The monoisotopic (exact) mass is 508 g/mol. The molecule has 4 heteroatoms. The third-order valence-electron chi connectivity index (χ3n) is 9.12. The standard InChI is InChI=1S/C32H60O4/c1-9-31(5,6)21-11-13-25(3)19-23-35-29(33)27-15-17-28(18-16-27)30(34)36-24-20-26(4)14-12-22-32(7,8)10-2/h25-28H,9-24H2,1-8H3. The molecule has 36 heavy (non-hydrogen) atoms. The fourth-order valence-electron chi connectivity index (χ4n) is 5.02. The van der Waals surface area contributed by atoms with Crippen LogP contribution in [-0.4, -0.2) is 25.2 Å². The van der Waals surface area contributed by atoms with Gasteiger partial charge >= 0.3 is 11.9 Å². The molecule has 1 fully saturated rings. The van der Waals surface area contributed by atoms with Crippen LogP contribution in [-0.2, 0) is 19.1 Å². The number of rotatable bonds is 18. The van der Waals surface area contributed by atoms with E-state index >= 15 is 0 Å². The summed E-state index contributed by atoms with van der Waals surface area (Å²) in [6.07, 6.45) is 14.7. The Balaban J connectivity index is 2.15. The van der Waals surface area contributed by atoms with Gasteiger partial charge in [0.05, 0.1) is 25.0 Å². The Morgan fingerprint density at radius 2 is 1.00 bits per heavy atom. The van der Waals surface area contributed by atoms with Gasteiger partial charge in [0.2, 0.25) is 0 Å². The molecule has 0 bridgehead atoms. The zero-order valence-corrected chi connectivity index (χ0v) is 25.3. The van der Waals surface area contributed by atoms with Crippen LogP contribution < -0.4 is 0 Å². The minimum atomic E-state index is -0.0683. The molecule has 0 aliphatic heterocycles. The predicted molar refractivity (Wildman–Crippen MR) is 151 cm³/mol. The second kappa shape index (κ2) is 16.7. The summed E-state index contributed by atoms with van der Waals surface area (Å²) in [6, 6.07) is 0. The molecular weight excluding hydrogens is 448 g/mol. The molecule has 4 nitrogen and oxygen atoms in total. The van der Waals surface area contributed by atoms with Crippen molar-refractivity contribution in [2.45, 2.75) is 145 Å². The quantitative estimate of drug-likeness (QED) is 0.173. The molecule has 0 radical (unpaired) electrons. The Bertz CT molecular complexity index is 562. The van der Waals surface area contributed by atoms with Crippen molar-refractivity contribution in [1.82, 2.24) is 0 Å². The lowest BCUT2D eigenvalue weighted by atomic mass is 9.82. The highest BCUT2D eigenvalue weighted by molar-refractivity contribution is 5.75. The number of carbonyl (C=O) groups is 2. The summed E-state index contributed by atoms with van der Waals surface area (Å²) >= 11 is 0. The van der Waals surface area contributed by atoms with Crippen LogP contribution >= 0.6 is 0 Å². The third-order valence-corrected chi connectivity index (χ3v) is 9.12. The largest absolute Gasteiger partial charge is 0.465 e. The molecule has 1 aliphatic carbocycles. The molecule has 1 rings (SSSR count). The Kier molecular flexibility index (Phi) is 15.3. The van der Waals surface area contributed by atoms with Crippen LogP contribution in [0.15, 0.2) is 0 Å². The van der Waals surface area contributed by atoms with Crippen LogP contribution in [0.2, 0.25) is 0 Å². The number of carbonyl (C=O) groups excluding carboxylic acids is 2. The summed E-state index contributed by atoms with van der Waals surface area (Å²) in [5.74, 6) is 0.926. The van der Waals surface area contributed by atoms with Crippen molar-refractivity contribution in [1.29, 1.82) is 0 Å². The molecule has 0 heterocycles. The summed E-state index contributed by atoms with van der Waals surface area (Å²) in [5, 5.41) is 0. The van der Waals surface area contributed by atoms with E-state index in [2.05, 4.69) is 55.4 Å². The molecule has 0 N–H and O–H groups in total. The lowest BCUT2D eigenvalue weighted by Gasteiger charge is -2.26. The van der Waals surface area contributed by atoms with E-state index in [0.29, 0.717) is 35.9 Å². The lowest BCUT2D eigenvalue weighted by Crippen LogP contribution is -2.28. The number of ether oxygens (including phenoxy) is 2. The van der Waals surface area contributed by atoms with E-state index in [0.717, 1.165) is 38.5 Å². The van der Waals surface area contributed by atoms with E-state index in [4.69, 9.17) is 9.47 Å². The molecule has 0 aromatic heterocycles. The molecule has 1 aliphatic rings. The van der Waals surface area contributed by atoms with Crippen LogP contribution in [0.5, 0.6) is 0 Å². The molecule has 2 atom stereocenters. The summed E-state index contributed by atoms with van der Waals surface area (Å²) in [5.41, 5.74) is 0.864. The van der Waals surface area contributed by atoms with Crippen LogP contribution in [0.1, 0.15) is 145 Å². The van der Waals surface area contributed by atoms with E-state index in [1.165, 1.54) is 51.4 Å². The van der Waals surface area contributed by atoms with Crippen molar-refractivity contribution in [3.63, 3.8) is 0 Å². The average Bonchev–Trinajstić information content (AvgIpc) is 2.83. The van der Waals surface area contributed by atoms with Gasteiger partial charge in [0.1, 0.15) is 0 Å². The van der Waals surface area contributed by atoms with Crippen LogP contribution in [0.3, 0.4) is 0 Å². The van der Waals surface area contributed by atoms with Crippen molar-refractivity contribution >= 4 is 11.9 Å². The first-order valence-electron chi connectivity index (χ1n) is 15.2. The van der Waals surface area contributed by atoms with E-state index < -0.39 is 0 Å². The van der Waals surface area contributed by atoms with E-state index in [1.807, 2.05) is 0 Å². The van der Waals surface area contributed by atoms with Crippen molar-refractivity contribution in [2.75, 3.05) is 13.2 Å². The second-order valence-corrected chi connectivity index (χ2v) is 13.5. The highest BCUT2D eigenvalue weighted by Crippen LogP contribution is 2.32. The fraction of sp³-hybridized carbons (Fsp3) is 0.938. The third kappa shape index (κ3) is 14.0. The van der Waals surface area contributed by atoms with Gasteiger partial charge in [0.15, 0.2) is 0 Å². The molecule has 2 unspecified atom stereocenters. The van der Waals surface area contributed by atoms with Crippen molar-refractivity contribution < 1.29 is 19.1 Å². The number of hydrogen-bond donors (Lipinski definition) is 0. The molecule has 0 spiro atoms. The minimum absolute atomic E-state index is 0.0536. The fourth-order valence-corrected chi connectivity index (χ4v) is 5.02. The molecule has 0 amide bonds. The topological polar surface area (TPSA) is 52.6 Å². The van der Waals surface area contributed by atoms with Gasteiger partial charge in [-0.3, -0.25) is 9.59 Å². The van der Waals surface area contributed by atoms with Gasteiger partial charge in [0, 0.05) is 0 Å². The maximum Gasteiger partial charge on any atom is 0.308 e. The highest BCUT2D eigenvalue weighted by Gasteiger charge is 2.31. The minimum Gasteiger partial charge on any atom is -0.465 e. The summed E-state index contributed by atoms with van der Waals surface area (Å²) in [4.78, 5) is 25.0. The van der Waals surface area contributed by atoms with Crippen LogP contribution in [0.4, 0.5) is 0 Å². The zero-order valence-electron chi connectivity index (χ0n) is 25.3. The van der Waals surface area contributed by atoms with Gasteiger partial charge < -0.3 is 9.47 Å². The Morgan fingerprint density at radius 3 is 1.31 bits per heavy atom. The molecule has 0 aromatic rings. The summed E-state index contributed by atoms with van der Waals surface area (Å²) in [7, 11) is 0.